The van der Waals surface area contributed by atoms with Gasteiger partial charge in [-0.1, -0.05) is 30.3 Å². The zero-order chi connectivity index (χ0) is 17.3. The maximum Gasteiger partial charge on any atom is 0.315 e. The van der Waals surface area contributed by atoms with Crippen LogP contribution in [0.25, 0.3) is 0 Å². The van der Waals surface area contributed by atoms with Gasteiger partial charge in [0, 0.05) is 52.4 Å². The van der Waals surface area contributed by atoms with Crippen molar-refractivity contribution in [3.8, 4) is 0 Å². The number of amides is 2. The fraction of sp³-hybridized carbons (Fsp3) is 0.632. The molecule has 0 radical (unpaired) electrons. The van der Waals surface area contributed by atoms with E-state index in [1.807, 2.05) is 0 Å². The minimum Gasteiger partial charge on any atom is -0.379 e. The topological polar surface area (TPSA) is 56.8 Å². The van der Waals surface area contributed by atoms with Crippen LogP contribution in [0.15, 0.2) is 30.3 Å². The summed E-state index contributed by atoms with van der Waals surface area (Å²) in [6, 6.07) is 10.7. The van der Waals surface area contributed by atoms with E-state index in [1.54, 1.807) is 0 Å². The highest BCUT2D eigenvalue weighted by Crippen LogP contribution is 2.08. The Morgan fingerprint density at radius 1 is 1.12 bits per heavy atom. The molecule has 2 aliphatic rings. The second kappa shape index (κ2) is 9.75. The van der Waals surface area contributed by atoms with Crippen LogP contribution >= 0.6 is 0 Å². The predicted octanol–water partition coefficient (Wildman–Crippen LogP) is 1.28. The lowest BCUT2D eigenvalue weighted by Gasteiger charge is -2.34. The number of nitrogens with zero attached hydrogens (tertiary/aromatic N) is 2. The molecule has 2 fully saturated rings. The van der Waals surface area contributed by atoms with Crippen LogP contribution in [0.4, 0.5) is 4.79 Å². The van der Waals surface area contributed by atoms with Gasteiger partial charge in [-0.3, -0.25) is 9.80 Å². The first-order chi connectivity index (χ1) is 12.3. The molecule has 2 aliphatic heterocycles. The molecule has 0 aromatic heterocycles. The number of piperazine rings is 1. The smallest absolute Gasteiger partial charge is 0.315 e. The van der Waals surface area contributed by atoms with Crippen LogP contribution < -0.4 is 10.6 Å². The van der Waals surface area contributed by atoms with Gasteiger partial charge in [0.05, 0.1) is 12.6 Å². The molecule has 2 saturated heterocycles. The summed E-state index contributed by atoms with van der Waals surface area (Å²) in [4.78, 5) is 16.8. The van der Waals surface area contributed by atoms with Crippen LogP contribution in [0.3, 0.4) is 0 Å². The fourth-order valence-corrected chi connectivity index (χ4v) is 3.43. The standard InChI is InChI=1S/C19H30N4O2/c24-19(21-18-7-4-14-25-16-18)20-8-9-22-10-12-23(13-11-22)15-17-5-2-1-3-6-17/h1-3,5-6,18H,4,7-16H2,(H2,20,21,24)/t18-/m0/s1. The van der Waals surface area contributed by atoms with E-state index in [0.29, 0.717) is 13.2 Å². The van der Waals surface area contributed by atoms with Crippen LogP contribution in [0, 0.1) is 0 Å². The lowest BCUT2D eigenvalue weighted by molar-refractivity contribution is 0.0731. The average molecular weight is 346 g/mol. The molecule has 0 bridgehead atoms. The zero-order valence-corrected chi connectivity index (χ0v) is 15.0. The highest BCUT2D eigenvalue weighted by atomic mass is 16.5. The Balaban J connectivity index is 1.27. The molecule has 3 rings (SSSR count). The normalized spacial score (nSPS) is 22.5. The highest BCUT2D eigenvalue weighted by Gasteiger charge is 2.18. The van der Waals surface area contributed by atoms with Crippen molar-refractivity contribution >= 4 is 6.03 Å². The number of rotatable bonds is 6. The average Bonchev–Trinajstić information content (AvgIpc) is 2.65. The van der Waals surface area contributed by atoms with Crippen molar-refractivity contribution in [2.24, 2.45) is 0 Å². The molecule has 2 amide bonds. The molecule has 0 aliphatic carbocycles. The molecular weight excluding hydrogens is 316 g/mol. The SMILES string of the molecule is O=C(NCCN1CCN(Cc2ccccc2)CC1)N[C@H]1CCCOC1. The van der Waals surface area contributed by atoms with Crippen LogP contribution in [0.1, 0.15) is 18.4 Å². The van der Waals surface area contributed by atoms with E-state index < -0.39 is 0 Å². The number of carbonyl (C=O) groups is 1. The lowest BCUT2D eigenvalue weighted by Crippen LogP contribution is -2.50. The molecule has 2 heterocycles. The van der Waals surface area contributed by atoms with Crippen molar-refractivity contribution in [3.05, 3.63) is 35.9 Å². The number of hydrogen-bond donors (Lipinski definition) is 2. The summed E-state index contributed by atoms with van der Waals surface area (Å²) in [6.45, 7) is 8.37. The number of benzene rings is 1. The molecule has 0 unspecified atom stereocenters. The Labute approximate surface area is 150 Å². The minimum absolute atomic E-state index is 0.0711. The molecule has 1 atom stereocenters. The van der Waals surface area contributed by atoms with E-state index in [9.17, 15) is 4.79 Å². The molecule has 1 aromatic carbocycles. The van der Waals surface area contributed by atoms with Crippen molar-refractivity contribution < 1.29 is 9.53 Å². The van der Waals surface area contributed by atoms with Crippen molar-refractivity contribution in [2.75, 3.05) is 52.5 Å². The van der Waals surface area contributed by atoms with E-state index in [4.69, 9.17) is 4.74 Å². The van der Waals surface area contributed by atoms with Crippen LogP contribution in [-0.2, 0) is 11.3 Å². The first-order valence-corrected chi connectivity index (χ1v) is 9.40. The third-order valence-electron chi connectivity index (χ3n) is 4.92. The summed E-state index contributed by atoms with van der Waals surface area (Å²) in [7, 11) is 0. The van der Waals surface area contributed by atoms with Crippen molar-refractivity contribution in [2.45, 2.75) is 25.4 Å². The second-order valence-corrected chi connectivity index (χ2v) is 6.92. The monoisotopic (exact) mass is 346 g/mol. The van der Waals surface area contributed by atoms with Gasteiger partial charge in [-0.15, -0.1) is 0 Å². The van der Waals surface area contributed by atoms with Crippen molar-refractivity contribution in [3.63, 3.8) is 0 Å². The first-order valence-electron chi connectivity index (χ1n) is 9.40. The highest BCUT2D eigenvalue weighted by molar-refractivity contribution is 5.74. The summed E-state index contributed by atoms with van der Waals surface area (Å²) in [5.41, 5.74) is 1.38. The van der Waals surface area contributed by atoms with E-state index >= 15 is 0 Å². The maximum absolute atomic E-state index is 11.9. The number of ether oxygens (including phenoxy) is 1. The minimum atomic E-state index is -0.0711. The molecule has 6 nitrogen and oxygen atoms in total. The second-order valence-electron chi connectivity index (χ2n) is 6.92. The first kappa shape index (κ1) is 18.2. The van der Waals surface area contributed by atoms with Gasteiger partial charge in [-0.25, -0.2) is 4.79 Å². The number of carbonyl (C=O) groups excluding carboxylic acids is 1. The van der Waals surface area contributed by atoms with Gasteiger partial charge in [0.1, 0.15) is 0 Å². The third-order valence-corrected chi connectivity index (χ3v) is 4.92. The van der Waals surface area contributed by atoms with Gasteiger partial charge in [-0.05, 0) is 18.4 Å². The molecular formula is C19H30N4O2. The molecule has 6 heteroatoms. The van der Waals surface area contributed by atoms with Gasteiger partial charge >= 0.3 is 6.03 Å². The maximum atomic E-state index is 11.9. The van der Waals surface area contributed by atoms with Crippen LogP contribution in [0.2, 0.25) is 0 Å². The van der Waals surface area contributed by atoms with E-state index in [1.165, 1.54) is 5.56 Å². The van der Waals surface area contributed by atoms with Gasteiger partial charge in [0.2, 0.25) is 0 Å². The molecule has 2 N–H and O–H groups in total. The Morgan fingerprint density at radius 2 is 1.88 bits per heavy atom. The van der Waals surface area contributed by atoms with Crippen molar-refractivity contribution in [1.82, 2.24) is 20.4 Å². The molecule has 0 saturated carbocycles. The van der Waals surface area contributed by atoms with Gasteiger partial charge in [-0.2, -0.15) is 0 Å². The Kier molecular flexibility index (Phi) is 7.09. The summed E-state index contributed by atoms with van der Waals surface area (Å²) in [5, 5.41) is 5.96. The summed E-state index contributed by atoms with van der Waals surface area (Å²) >= 11 is 0. The summed E-state index contributed by atoms with van der Waals surface area (Å²) in [6.07, 6.45) is 2.04. The summed E-state index contributed by atoms with van der Waals surface area (Å²) < 4.78 is 5.38. The quantitative estimate of drug-likeness (QED) is 0.815. The van der Waals surface area contributed by atoms with E-state index in [0.717, 1.165) is 58.7 Å². The molecule has 1 aromatic rings. The number of nitrogens with one attached hydrogen (secondary N) is 2. The lowest BCUT2D eigenvalue weighted by atomic mass is 10.1. The predicted molar refractivity (Wildman–Crippen MR) is 98.5 cm³/mol. The van der Waals surface area contributed by atoms with Gasteiger partial charge < -0.3 is 15.4 Å². The largest absolute Gasteiger partial charge is 0.379 e. The van der Waals surface area contributed by atoms with Crippen LogP contribution in [0.5, 0.6) is 0 Å². The Hall–Kier alpha value is -1.63. The van der Waals surface area contributed by atoms with E-state index in [-0.39, 0.29) is 12.1 Å². The van der Waals surface area contributed by atoms with E-state index in [2.05, 4.69) is 50.8 Å². The number of hydrogen-bond acceptors (Lipinski definition) is 4. The van der Waals surface area contributed by atoms with Gasteiger partial charge in [0.25, 0.3) is 0 Å². The number of urea groups is 1. The van der Waals surface area contributed by atoms with Crippen molar-refractivity contribution in [1.29, 1.82) is 0 Å². The Bertz CT molecular complexity index is 511. The third kappa shape index (κ3) is 6.30. The molecule has 138 valence electrons. The summed E-state index contributed by atoms with van der Waals surface area (Å²) in [5.74, 6) is 0. The molecule has 25 heavy (non-hydrogen) atoms. The zero-order valence-electron chi connectivity index (χ0n) is 15.0. The fourth-order valence-electron chi connectivity index (χ4n) is 3.43. The van der Waals surface area contributed by atoms with Gasteiger partial charge in [0.15, 0.2) is 0 Å². The Morgan fingerprint density at radius 3 is 2.60 bits per heavy atom. The molecule has 0 spiro atoms. The van der Waals surface area contributed by atoms with Crippen LogP contribution in [-0.4, -0.2) is 74.4 Å².